The molecule has 0 fully saturated rings. The van der Waals surface area contributed by atoms with Gasteiger partial charge in [0.2, 0.25) is 0 Å². The predicted octanol–water partition coefficient (Wildman–Crippen LogP) is 12.0. The first kappa shape index (κ1) is 24.0. The third kappa shape index (κ3) is 3.72. The maximum Gasteiger partial charge on any atom is 0.135 e. The van der Waals surface area contributed by atoms with Gasteiger partial charge < -0.3 is 4.42 Å². The summed E-state index contributed by atoms with van der Waals surface area (Å²) in [4.78, 5) is 0. The topological polar surface area (TPSA) is 13.1 Å². The van der Waals surface area contributed by atoms with Gasteiger partial charge in [-0.1, -0.05) is 133 Å². The largest absolute Gasteiger partial charge is 0.456 e. The summed E-state index contributed by atoms with van der Waals surface area (Å²) in [5.41, 5.74) is 9.21. The van der Waals surface area contributed by atoms with Crippen molar-refractivity contribution < 1.29 is 4.42 Å². The zero-order chi connectivity index (χ0) is 28.3. The maximum absolute atomic E-state index is 6.37. The molecule has 0 saturated carbocycles. The second kappa shape index (κ2) is 9.44. The SMILES string of the molecule is c1ccc(-c2c3ccccc3c(-c3ccc4oc5ccc(-c6cccc7ccccc67)cc5c4c3)c3ccccc23)cc1. The van der Waals surface area contributed by atoms with Gasteiger partial charge in [-0.25, -0.2) is 0 Å². The summed E-state index contributed by atoms with van der Waals surface area (Å²) in [7, 11) is 0. The van der Waals surface area contributed by atoms with E-state index in [1.807, 2.05) is 0 Å². The van der Waals surface area contributed by atoms with Crippen molar-refractivity contribution in [2.75, 3.05) is 0 Å². The molecule has 9 rings (SSSR count). The van der Waals surface area contributed by atoms with Gasteiger partial charge in [0.25, 0.3) is 0 Å². The molecule has 200 valence electrons. The molecule has 0 aliphatic heterocycles. The number of furan rings is 1. The highest BCUT2D eigenvalue weighted by Gasteiger charge is 2.18. The van der Waals surface area contributed by atoms with Gasteiger partial charge in [-0.3, -0.25) is 0 Å². The number of hydrogen-bond donors (Lipinski definition) is 0. The Bertz CT molecular complexity index is 2440. The average Bonchev–Trinajstić information content (AvgIpc) is 3.44. The van der Waals surface area contributed by atoms with Crippen molar-refractivity contribution in [3.8, 4) is 33.4 Å². The Morgan fingerprint density at radius 3 is 1.44 bits per heavy atom. The summed E-state index contributed by atoms with van der Waals surface area (Å²) in [6.07, 6.45) is 0. The van der Waals surface area contributed by atoms with E-state index in [0.29, 0.717) is 0 Å². The van der Waals surface area contributed by atoms with Gasteiger partial charge in [-0.2, -0.15) is 0 Å². The van der Waals surface area contributed by atoms with Gasteiger partial charge in [-0.05, 0) is 90.0 Å². The van der Waals surface area contributed by atoms with Crippen LogP contribution in [0, 0.1) is 0 Å². The van der Waals surface area contributed by atoms with Crippen molar-refractivity contribution in [3.63, 3.8) is 0 Å². The van der Waals surface area contributed by atoms with Crippen LogP contribution in [0.15, 0.2) is 162 Å². The Morgan fingerprint density at radius 1 is 0.302 bits per heavy atom. The minimum atomic E-state index is 0.906. The minimum absolute atomic E-state index is 0.906. The number of benzene rings is 8. The van der Waals surface area contributed by atoms with Crippen molar-refractivity contribution in [3.05, 3.63) is 158 Å². The Balaban J connectivity index is 1.31. The van der Waals surface area contributed by atoms with Crippen molar-refractivity contribution >= 4 is 54.3 Å². The average molecular weight is 547 g/mol. The van der Waals surface area contributed by atoms with Crippen LogP contribution in [0.25, 0.3) is 87.6 Å². The van der Waals surface area contributed by atoms with Gasteiger partial charge in [0.15, 0.2) is 0 Å². The number of rotatable bonds is 3. The Labute approximate surface area is 249 Å². The lowest BCUT2D eigenvalue weighted by molar-refractivity contribution is 0.669. The van der Waals surface area contributed by atoms with E-state index in [-0.39, 0.29) is 0 Å². The summed E-state index contributed by atoms with van der Waals surface area (Å²) in [5.74, 6) is 0. The van der Waals surface area contributed by atoms with E-state index in [4.69, 9.17) is 4.42 Å². The van der Waals surface area contributed by atoms with E-state index in [0.717, 1.165) is 21.9 Å². The molecule has 0 N–H and O–H groups in total. The van der Waals surface area contributed by atoms with Crippen molar-refractivity contribution in [1.29, 1.82) is 0 Å². The highest BCUT2D eigenvalue weighted by molar-refractivity contribution is 6.22. The molecule has 1 nitrogen and oxygen atoms in total. The molecule has 0 saturated heterocycles. The molecule has 8 aromatic carbocycles. The summed E-state index contributed by atoms with van der Waals surface area (Å²) in [5, 5.41) is 9.81. The van der Waals surface area contributed by atoms with Gasteiger partial charge in [0.1, 0.15) is 11.2 Å². The molecule has 43 heavy (non-hydrogen) atoms. The molecule has 0 radical (unpaired) electrons. The monoisotopic (exact) mass is 546 g/mol. The van der Waals surface area contributed by atoms with Crippen LogP contribution < -0.4 is 0 Å². The van der Waals surface area contributed by atoms with Crippen LogP contribution in [-0.4, -0.2) is 0 Å². The van der Waals surface area contributed by atoms with Crippen LogP contribution >= 0.6 is 0 Å². The lowest BCUT2D eigenvalue weighted by atomic mass is 9.86. The fraction of sp³-hybridized carbons (Fsp3) is 0. The molecule has 0 atom stereocenters. The molecule has 1 heteroatoms. The third-order valence-electron chi connectivity index (χ3n) is 8.85. The van der Waals surface area contributed by atoms with Crippen LogP contribution in [0.2, 0.25) is 0 Å². The first-order valence-corrected chi connectivity index (χ1v) is 14.8. The Hall–Kier alpha value is -5.66. The molecule has 0 aliphatic carbocycles. The molecule has 0 bridgehead atoms. The maximum atomic E-state index is 6.37. The van der Waals surface area contributed by atoms with E-state index < -0.39 is 0 Å². The summed E-state index contributed by atoms with van der Waals surface area (Å²) >= 11 is 0. The molecule has 0 unspecified atom stereocenters. The standard InChI is InChI=1S/C42H26O/c1-2-12-28(13-3-1)41-33-16-6-8-18-35(33)42(36-19-9-7-17-34(36)41)30-22-24-40-38(26-30)37-25-29(21-23-39(37)43-40)32-20-10-14-27-11-4-5-15-31(27)32/h1-26H. The first-order chi connectivity index (χ1) is 21.3. The second-order valence-electron chi connectivity index (χ2n) is 11.3. The second-order valence-corrected chi connectivity index (χ2v) is 11.3. The van der Waals surface area contributed by atoms with Crippen LogP contribution in [-0.2, 0) is 0 Å². The van der Waals surface area contributed by atoms with Gasteiger partial charge in [0, 0.05) is 10.8 Å². The normalized spacial score (nSPS) is 11.7. The van der Waals surface area contributed by atoms with Gasteiger partial charge >= 0.3 is 0 Å². The Kier molecular flexibility index (Phi) is 5.27. The van der Waals surface area contributed by atoms with E-state index in [9.17, 15) is 0 Å². The smallest absolute Gasteiger partial charge is 0.135 e. The molecular formula is C42H26O. The zero-order valence-electron chi connectivity index (χ0n) is 23.4. The minimum Gasteiger partial charge on any atom is -0.456 e. The van der Waals surface area contributed by atoms with Crippen molar-refractivity contribution in [2.24, 2.45) is 0 Å². The van der Waals surface area contributed by atoms with Crippen LogP contribution in [0.1, 0.15) is 0 Å². The van der Waals surface area contributed by atoms with Gasteiger partial charge in [0.05, 0.1) is 0 Å². The lowest BCUT2D eigenvalue weighted by Gasteiger charge is -2.17. The molecule has 1 aromatic heterocycles. The lowest BCUT2D eigenvalue weighted by Crippen LogP contribution is -1.90. The summed E-state index contributed by atoms with van der Waals surface area (Å²) in [6.45, 7) is 0. The fourth-order valence-corrected chi connectivity index (χ4v) is 6.93. The zero-order valence-corrected chi connectivity index (χ0v) is 23.4. The Morgan fingerprint density at radius 2 is 0.791 bits per heavy atom. The van der Waals surface area contributed by atoms with Crippen LogP contribution in [0.5, 0.6) is 0 Å². The molecule has 0 aliphatic rings. The van der Waals surface area contributed by atoms with Gasteiger partial charge in [-0.15, -0.1) is 0 Å². The first-order valence-electron chi connectivity index (χ1n) is 14.8. The molecule has 0 amide bonds. The van der Waals surface area contributed by atoms with E-state index in [1.165, 1.54) is 65.7 Å². The van der Waals surface area contributed by atoms with Crippen molar-refractivity contribution in [1.82, 2.24) is 0 Å². The quantitative estimate of drug-likeness (QED) is 0.201. The van der Waals surface area contributed by atoms with E-state index >= 15 is 0 Å². The van der Waals surface area contributed by atoms with Crippen LogP contribution in [0.4, 0.5) is 0 Å². The highest BCUT2D eigenvalue weighted by Crippen LogP contribution is 2.45. The molecule has 1 heterocycles. The molecule has 0 spiro atoms. The van der Waals surface area contributed by atoms with Crippen molar-refractivity contribution in [2.45, 2.75) is 0 Å². The van der Waals surface area contributed by atoms with E-state index in [1.54, 1.807) is 0 Å². The predicted molar refractivity (Wildman–Crippen MR) is 183 cm³/mol. The third-order valence-corrected chi connectivity index (χ3v) is 8.85. The fourth-order valence-electron chi connectivity index (χ4n) is 6.93. The highest BCUT2D eigenvalue weighted by atomic mass is 16.3. The van der Waals surface area contributed by atoms with E-state index in [2.05, 4.69) is 158 Å². The summed E-state index contributed by atoms with van der Waals surface area (Å²) in [6, 6.07) is 56.8. The molecule has 9 aromatic rings. The van der Waals surface area contributed by atoms with Crippen LogP contribution in [0.3, 0.4) is 0 Å². The molecular weight excluding hydrogens is 520 g/mol. The summed E-state index contributed by atoms with van der Waals surface area (Å²) < 4.78 is 6.37. The number of hydrogen-bond acceptors (Lipinski definition) is 1. The number of fused-ring (bicyclic) bond motifs is 6.